The molecule has 96 valence electrons. The van der Waals surface area contributed by atoms with Crippen LogP contribution in [0.2, 0.25) is 0 Å². The molecule has 0 amide bonds. The lowest BCUT2D eigenvalue weighted by Crippen LogP contribution is -2.31. The number of aromatic nitrogens is 2. The van der Waals surface area contributed by atoms with Gasteiger partial charge in [-0.05, 0) is 24.7 Å². The molecule has 4 heteroatoms. The number of rotatable bonds is 3. The van der Waals surface area contributed by atoms with Gasteiger partial charge in [-0.15, -0.1) is 0 Å². The summed E-state index contributed by atoms with van der Waals surface area (Å²) in [7, 11) is 3.57. The van der Waals surface area contributed by atoms with Crippen LogP contribution in [-0.4, -0.2) is 22.9 Å². The van der Waals surface area contributed by atoms with Gasteiger partial charge in [0.25, 0.3) is 0 Å². The molecule has 4 nitrogen and oxygen atoms in total. The minimum atomic E-state index is 0.453. The van der Waals surface area contributed by atoms with Crippen LogP contribution in [0.25, 0.3) is 0 Å². The predicted octanol–water partition coefficient (Wildman–Crippen LogP) is 2.81. The van der Waals surface area contributed by atoms with Gasteiger partial charge in [0.05, 0.1) is 7.11 Å². The monoisotopic (exact) mass is 237 g/mol. The Kier molecular flexibility index (Phi) is 3.31. The Hall–Kier alpha value is -1.19. The smallest absolute Gasteiger partial charge is 0.213 e. The van der Waals surface area contributed by atoms with E-state index in [1.165, 1.54) is 25.7 Å². The Balaban J connectivity index is 2.00. The predicted molar refractivity (Wildman–Crippen MR) is 69.4 cm³/mol. The fourth-order valence-electron chi connectivity index (χ4n) is 2.74. The van der Waals surface area contributed by atoms with Gasteiger partial charge in [0, 0.05) is 19.2 Å². The van der Waals surface area contributed by atoms with Crippen LogP contribution < -0.4 is 10.1 Å². The summed E-state index contributed by atoms with van der Waals surface area (Å²) in [4.78, 5) is 0. The van der Waals surface area contributed by atoms with Crippen LogP contribution in [0, 0.1) is 5.41 Å². The van der Waals surface area contributed by atoms with Crippen LogP contribution >= 0.6 is 0 Å². The minimum Gasteiger partial charge on any atom is -0.481 e. The zero-order chi connectivity index (χ0) is 12.5. The van der Waals surface area contributed by atoms with E-state index in [-0.39, 0.29) is 0 Å². The molecule has 2 rings (SSSR count). The van der Waals surface area contributed by atoms with Crippen LogP contribution in [0.15, 0.2) is 6.07 Å². The number of methoxy groups -OCH3 is 1. The average Bonchev–Trinajstić information content (AvgIpc) is 2.57. The van der Waals surface area contributed by atoms with Crippen molar-refractivity contribution in [2.75, 3.05) is 12.4 Å². The van der Waals surface area contributed by atoms with E-state index in [0.29, 0.717) is 11.5 Å². The maximum atomic E-state index is 5.22. The molecule has 17 heavy (non-hydrogen) atoms. The summed E-state index contributed by atoms with van der Waals surface area (Å²) in [6.07, 6.45) is 5.08. The number of hydrogen-bond acceptors (Lipinski definition) is 3. The highest BCUT2D eigenvalue weighted by Crippen LogP contribution is 2.36. The molecule has 1 aromatic rings. The van der Waals surface area contributed by atoms with Gasteiger partial charge in [0.15, 0.2) is 5.82 Å². The molecule has 1 saturated carbocycles. The lowest BCUT2D eigenvalue weighted by molar-refractivity contribution is 0.229. The van der Waals surface area contributed by atoms with Crippen molar-refractivity contribution in [2.45, 2.75) is 45.6 Å². The molecule has 1 N–H and O–H groups in total. The molecule has 0 saturated heterocycles. The summed E-state index contributed by atoms with van der Waals surface area (Å²) in [5, 5.41) is 7.92. The van der Waals surface area contributed by atoms with E-state index in [0.717, 1.165) is 11.7 Å². The maximum absolute atomic E-state index is 5.22. The molecule has 1 fully saturated rings. The molecule has 0 aromatic carbocycles. The third-order valence-electron chi connectivity index (χ3n) is 3.60. The zero-order valence-corrected chi connectivity index (χ0v) is 11.3. The summed E-state index contributed by atoms with van der Waals surface area (Å²) >= 11 is 0. The van der Waals surface area contributed by atoms with Gasteiger partial charge in [0.1, 0.15) is 0 Å². The van der Waals surface area contributed by atoms with Crippen LogP contribution in [0.4, 0.5) is 5.82 Å². The molecule has 1 heterocycles. The first-order valence-corrected chi connectivity index (χ1v) is 6.35. The quantitative estimate of drug-likeness (QED) is 0.878. The van der Waals surface area contributed by atoms with E-state index >= 15 is 0 Å². The standard InChI is InChI=1S/C13H23N3O/c1-13(2)7-5-6-10(9-13)14-11-8-12(17-4)16(3)15-11/h8,10H,5-7,9H2,1-4H3,(H,14,15). The summed E-state index contributed by atoms with van der Waals surface area (Å²) in [5.74, 6) is 1.72. The highest BCUT2D eigenvalue weighted by atomic mass is 16.5. The van der Waals surface area contributed by atoms with E-state index in [1.54, 1.807) is 11.8 Å². The third kappa shape index (κ3) is 2.93. The molecule has 0 bridgehead atoms. The fourth-order valence-corrected chi connectivity index (χ4v) is 2.74. The molecule has 0 radical (unpaired) electrons. The van der Waals surface area contributed by atoms with Gasteiger partial charge in [-0.3, -0.25) is 0 Å². The molecule has 0 aliphatic heterocycles. The SMILES string of the molecule is COc1cc(NC2CCCC(C)(C)C2)nn1C. The van der Waals surface area contributed by atoms with Gasteiger partial charge >= 0.3 is 0 Å². The topological polar surface area (TPSA) is 39.1 Å². The molecule has 1 aliphatic rings. The highest BCUT2D eigenvalue weighted by molar-refractivity contribution is 5.39. The van der Waals surface area contributed by atoms with Crippen molar-refractivity contribution in [2.24, 2.45) is 12.5 Å². The number of nitrogens with one attached hydrogen (secondary N) is 1. The molecule has 0 spiro atoms. The second-order valence-corrected chi connectivity index (χ2v) is 5.80. The molecule has 1 aromatic heterocycles. The number of aryl methyl sites for hydroxylation is 1. The maximum Gasteiger partial charge on any atom is 0.213 e. The van der Waals surface area contributed by atoms with Crippen LogP contribution in [0.3, 0.4) is 0 Å². The minimum absolute atomic E-state index is 0.453. The van der Waals surface area contributed by atoms with Gasteiger partial charge in [-0.25, -0.2) is 4.68 Å². The Morgan fingerprint density at radius 3 is 2.88 bits per heavy atom. The average molecular weight is 237 g/mol. The second-order valence-electron chi connectivity index (χ2n) is 5.80. The molecule has 1 unspecified atom stereocenters. The first-order valence-electron chi connectivity index (χ1n) is 6.35. The Labute approximate surface area is 103 Å². The zero-order valence-electron chi connectivity index (χ0n) is 11.3. The van der Waals surface area contributed by atoms with Gasteiger partial charge in [-0.2, -0.15) is 5.10 Å². The van der Waals surface area contributed by atoms with Crippen molar-refractivity contribution in [3.63, 3.8) is 0 Å². The van der Waals surface area contributed by atoms with E-state index in [4.69, 9.17) is 4.74 Å². The largest absolute Gasteiger partial charge is 0.481 e. The summed E-state index contributed by atoms with van der Waals surface area (Å²) < 4.78 is 6.98. The first-order chi connectivity index (χ1) is 8.00. The number of hydrogen-bond donors (Lipinski definition) is 1. The molecular weight excluding hydrogens is 214 g/mol. The Bertz CT molecular complexity index is 384. The first kappa shape index (κ1) is 12.3. The van der Waals surface area contributed by atoms with Crippen molar-refractivity contribution >= 4 is 5.82 Å². The van der Waals surface area contributed by atoms with Crippen LogP contribution in [0.1, 0.15) is 39.5 Å². The van der Waals surface area contributed by atoms with Crippen molar-refractivity contribution in [3.05, 3.63) is 6.07 Å². The Morgan fingerprint density at radius 2 is 2.29 bits per heavy atom. The van der Waals surface area contributed by atoms with Gasteiger partial charge in [0.2, 0.25) is 5.88 Å². The van der Waals surface area contributed by atoms with Crippen molar-refractivity contribution in [1.29, 1.82) is 0 Å². The number of nitrogens with zero attached hydrogens (tertiary/aromatic N) is 2. The van der Waals surface area contributed by atoms with Crippen LogP contribution in [-0.2, 0) is 7.05 Å². The van der Waals surface area contributed by atoms with E-state index in [2.05, 4.69) is 24.3 Å². The summed E-state index contributed by atoms with van der Waals surface area (Å²) in [5.41, 5.74) is 0.453. The third-order valence-corrected chi connectivity index (χ3v) is 3.60. The van der Waals surface area contributed by atoms with E-state index in [9.17, 15) is 0 Å². The lowest BCUT2D eigenvalue weighted by atomic mass is 9.75. The van der Waals surface area contributed by atoms with Crippen molar-refractivity contribution < 1.29 is 4.74 Å². The van der Waals surface area contributed by atoms with Crippen molar-refractivity contribution in [3.8, 4) is 5.88 Å². The molecule has 1 atom stereocenters. The van der Waals surface area contributed by atoms with E-state index in [1.807, 2.05) is 13.1 Å². The molecule has 1 aliphatic carbocycles. The van der Waals surface area contributed by atoms with Gasteiger partial charge in [-0.1, -0.05) is 20.3 Å². The summed E-state index contributed by atoms with van der Waals surface area (Å²) in [6.45, 7) is 4.69. The highest BCUT2D eigenvalue weighted by Gasteiger charge is 2.28. The fraction of sp³-hybridized carbons (Fsp3) is 0.769. The van der Waals surface area contributed by atoms with Gasteiger partial charge < -0.3 is 10.1 Å². The lowest BCUT2D eigenvalue weighted by Gasteiger charge is -2.35. The molecular formula is C13H23N3O. The van der Waals surface area contributed by atoms with E-state index < -0.39 is 0 Å². The second kappa shape index (κ2) is 4.59. The summed E-state index contributed by atoms with van der Waals surface area (Å²) in [6, 6.07) is 2.50. The number of anilines is 1. The normalized spacial score (nSPS) is 23.4. The van der Waals surface area contributed by atoms with Crippen molar-refractivity contribution in [1.82, 2.24) is 9.78 Å². The Morgan fingerprint density at radius 1 is 1.53 bits per heavy atom. The number of ether oxygens (including phenoxy) is 1. The van der Waals surface area contributed by atoms with Crippen LogP contribution in [0.5, 0.6) is 5.88 Å².